The average molecular weight is 201 g/mol. The molecule has 2 aromatic rings. The summed E-state index contributed by atoms with van der Waals surface area (Å²) in [5, 5.41) is 1.26. The van der Waals surface area contributed by atoms with Gasteiger partial charge in [-0.25, -0.2) is 4.39 Å². The summed E-state index contributed by atoms with van der Waals surface area (Å²) in [6.45, 7) is 1.94. The molecule has 0 fully saturated rings. The van der Waals surface area contributed by atoms with Crippen molar-refractivity contribution in [3.63, 3.8) is 0 Å². The van der Waals surface area contributed by atoms with Crippen LogP contribution in [-0.2, 0) is 0 Å². The Morgan fingerprint density at radius 1 is 1.42 bits per heavy atom. The lowest BCUT2D eigenvalue weighted by molar-refractivity contribution is 0.640. The molecule has 1 heterocycles. The molecule has 0 unspecified atom stereocenters. The van der Waals surface area contributed by atoms with E-state index in [1.54, 1.807) is 6.07 Å². The number of rotatable bonds is 0. The van der Waals surface area contributed by atoms with E-state index in [0.717, 1.165) is 9.58 Å². The molecule has 0 N–H and O–H groups in total. The number of halogens is 2. The molecule has 3 heteroatoms. The van der Waals surface area contributed by atoms with Gasteiger partial charge >= 0.3 is 0 Å². The van der Waals surface area contributed by atoms with Crippen molar-refractivity contribution in [2.75, 3.05) is 0 Å². The van der Waals surface area contributed by atoms with E-state index in [4.69, 9.17) is 11.6 Å². The van der Waals surface area contributed by atoms with Gasteiger partial charge in [-0.2, -0.15) is 0 Å². The highest BCUT2D eigenvalue weighted by molar-refractivity contribution is 7.19. The molecule has 1 aromatic carbocycles. The molecule has 0 aliphatic rings. The highest BCUT2D eigenvalue weighted by Crippen LogP contribution is 2.32. The smallest absolute Gasteiger partial charge is 0.131 e. The van der Waals surface area contributed by atoms with Gasteiger partial charge in [0.25, 0.3) is 0 Å². The SMILES string of the molecule is Cc1cc2c(F)ccc(Cl)c2s1. The van der Waals surface area contributed by atoms with Crippen LogP contribution in [0.5, 0.6) is 0 Å². The van der Waals surface area contributed by atoms with Gasteiger partial charge < -0.3 is 0 Å². The van der Waals surface area contributed by atoms with Gasteiger partial charge in [-0.05, 0) is 25.1 Å². The van der Waals surface area contributed by atoms with Crippen molar-refractivity contribution >= 4 is 33.0 Å². The molecule has 0 spiro atoms. The van der Waals surface area contributed by atoms with Gasteiger partial charge in [-0.15, -0.1) is 11.3 Å². The zero-order valence-corrected chi connectivity index (χ0v) is 7.97. The van der Waals surface area contributed by atoms with Gasteiger partial charge in [0.2, 0.25) is 0 Å². The molecule has 0 aliphatic carbocycles. The Labute approximate surface area is 78.6 Å². The van der Waals surface area contributed by atoms with Crippen LogP contribution in [0.25, 0.3) is 10.1 Å². The summed E-state index contributed by atoms with van der Waals surface area (Å²) in [5.74, 6) is -0.196. The summed E-state index contributed by atoms with van der Waals surface area (Å²) in [6, 6.07) is 4.81. The van der Waals surface area contributed by atoms with Crippen molar-refractivity contribution in [1.29, 1.82) is 0 Å². The first-order chi connectivity index (χ1) is 5.68. The standard InChI is InChI=1S/C9H6ClFS/c1-5-4-6-8(11)3-2-7(10)9(6)12-5/h2-4H,1H3. The Morgan fingerprint density at radius 3 is 2.83 bits per heavy atom. The van der Waals surface area contributed by atoms with E-state index in [0.29, 0.717) is 10.4 Å². The highest BCUT2D eigenvalue weighted by atomic mass is 35.5. The number of fused-ring (bicyclic) bond motifs is 1. The van der Waals surface area contributed by atoms with E-state index in [1.165, 1.54) is 17.4 Å². The van der Waals surface area contributed by atoms with Gasteiger partial charge in [-0.3, -0.25) is 0 Å². The van der Waals surface area contributed by atoms with Crippen LogP contribution < -0.4 is 0 Å². The Hall–Kier alpha value is -0.600. The Kier molecular flexibility index (Phi) is 1.81. The van der Waals surface area contributed by atoms with Crippen LogP contribution in [0.15, 0.2) is 18.2 Å². The minimum Gasteiger partial charge on any atom is -0.206 e. The number of benzene rings is 1. The molecule has 0 aliphatic heterocycles. The van der Waals surface area contributed by atoms with Crippen molar-refractivity contribution < 1.29 is 4.39 Å². The maximum Gasteiger partial charge on any atom is 0.131 e. The van der Waals surface area contributed by atoms with Gasteiger partial charge in [-0.1, -0.05) is 11.6 Å². The second-order valence-corrected chi connectivity index (χ2v) is 4.29. The molecular weight excluding hydrogens is 195 g/mol. The Balaban J connectivity index is 2.93. The summed E-state index contributed by atoms with van der Waals surface area (Å²) < 4.78 is 14.0. The lowest BCUT2D eigenvalue weighted by Crippen LogP contribution is -1.73. The van der Waals surface area contributed by atoms with E-state index in [2.05, 4.69) is 0 Å². The van der Waals surface area contributed by atoms with E-state index in [-0.39, 0.29) is 5.82 Å². The second kappa shape index (κ2) is 2.71. The number of aryl methyl sites for hydroxylation is 1. The van der Waals surface area contributed by atoms with Crippen molar-refractivity contribution in [3.05, 3.63) is 33.9 Å². The fraction of sp³-hybridized carbons (Fsp3) is 0.111. The maximum absolute atomic E-state index is 13.1. The third-order valence-electron chi connectivity index (χ3n) is 1.71. The van der Waals surface area contributed by atoms with Crippen LogP contribution >= 0.6 is 22.9 Å². The van der Waals surface area contributed by atoms with E-state index < -0.39 is 0 Å². The van der Waals surface area contributed by atoms with Gasteiger partial charge in [0, 0.05) is 10.3 Å². The fourth-order valence-electron chi connectivity index (χ4n) is 1.18. The number of hydrogen-bond donors (Lipinski definition) is 0. The quantitative estimate of drug-likeness (QED) is 0.603. The third kappa shape index (κ3) is 1.11. The van der Waals surface area contributed by atoms with E-state index >= 15 is 0 Å². The maximum atomic E-state index is 13.1. The summed E-state index contributed by atoms with van der Waals surface area (Å²) in [7, 11) is 0. The normalized spacial score (nSPS) is 10.9. The molecule has 1 aromatic heterocycles. The predicted molar refractivity (Wildman–Crippen MR) is 51.5 cm³/mol. The van der Waals surface area contributed by atoms with Crippen LogP contribution in [0.1, 0.15) is 4.88 Å². The first kappa shape index (κ1) is 8.02. The average Bonchev–Trinajstić information content (AvgIpc) is 2.41. The minimum atomic E-state index is -0.196. The Bertz CT molecular complexity index is 394. The third-order valence-corrected chi connectivity index (χ3v) is 3.22. The summed E-state index contributed by atoms with van der Waals surface area (Å²) in [6.07, 6.45) is 0. The molecule has 62 valence electrons. The second-order valence-electron chi connectivity index (χ2n) is 2.63. The topological polar surface area (TPSA) is 0 Å². The molecule has 0 radical (unpaired) electrons. The van der Waals surface area contributed by atoms with Crippen LogP contribution in [-0.4, -0.2) is 0 Å². The molecule has 0 bridgehead atoms. The monoisotopic (exact) mass is 200 g/mol. The summed E-state index contributed by atoms with van der Waals surface area (Å²) in [5.41, 5.74) is 0. The van der Waals surface area contributed by atoms with Gasteiger partial charge in [0.05, 0.1) is 9.72 Å². The molecule has 0 amide bonds. The molecule has 0 nitrogen and oxygen atoms in total. The number of thiophene rings is 1. The summed E-state index contributed by atoms with van der Waals surface area (Å²) in [4.78, 5) is 1.08. The van der Waals surface area contributed by atoms with Crippen molar-refractivity contribution in [2.24, 2.45) is 0 Å². The van der Waals surface area contributed by atoms with Crippen LogP contribution in [0.4, 0.5) is 4.39 Å². The largest absolute Gasteiger partial charge is 0.206 e. The molecule has 0 atom stereocenters. The van der Waals surface area contributed by atoms with Gasteiger partial charge in [0.1, 0.15) is 5.82 Å². The van der Waals surface area contributed by atoms with E-state index in [9.17, 15) is 4.39 Å². The van der Waals surface area contributed by atoms with Crippen molar-refractivity contribution in [2.45, 2.75) is 6.92 Å². The van der Waals surface area contributed by atoms with Crippen LogP contribution in [0, 0.1) is 12.7 Å². The van der Waals surface area contributed by atoms with Crippen molar-refractivity contribution in [1.82, 2.24) is 0 Å². The molecule has 0 saturated carbocycles. The van der Waals surface area contributed by atoms with Gasteiger partial charge in [0.15, 0.2) is 0 Å². The van der Waals surface area contributed by atoms with Crippen LogP contribution in [0.3, 0.4) is 0 Å². The Morgan fingerprint density at radius 2 is 2.17 bits per heavy atom. The van der Waals surface area contributed by atoms with Crippen molar-refractivity contribution in [3.8, 4) is 0 Å². The first-order valence-electron chi connectivity index (χ1n) is 3.52. The zero-order chi connectivity index (χ0) is 8.72. The molecular formula is C9H6ClFS. The molecule has 2 rings (SSSR count). The summed E-state index contributed by atoms with van der Waals surface area (Å²) >= 11 is 7.41. The van der Waals surface area contributed by atoms with E-state index in [1.807, 2.05) is 13.0 Å². The minimum absolute atomic E-state index is 0.196. The van der Waals surface area contributed by atoms with Crippen LogP contribution in [0.2, 0.25) is 5.02 Å². The highest BCUT2D eigenvalue weighted by Gasteiger charge is 2.06. The lowest BCUT2D eigenvalue weighted by Gasteiger charge is -1.93. The number of hydrogen-bond acceptors (Lipinski definition) is 1. The first-order valence-corrected chi connectivity index (χ1v) is 4.72. The molecule has 12 heavy (non-hydrogen) atoms. The fourth-order valence-corrected chi connectivity index (χ4v) is 2.39. The zero-order valence-electron chi connectivity index (χ0n) is 6.40. The lowest BCUT2D eigenvalue weighted by atomic mass is 10.2. The predicted octanol–water partition coefficient (Wildman–Crippen LogP) is 4.00. The molecule has 0 saturated heterocycles.